The van der Waals surface area contributed by atoms with Gasteiger partial charge < -0.3 is 5.73 Å². The summed E-state index contributed by atoms with van der Waals surface area (Å²) in [6, 6.07) is 4.69. The van der Waals surface area contributed by atoms with E-state index in [-0.39, 0.29) is 17.0 Å². The number of nitro groups is 1. The average Bonchev–Trinajstić information content (AvgIpc) is 2.93. The van der Waals surface area contributed by atoms with Crippen molar-refractivity contribution in [2.24, 2.45) is 5.73 Å². The van der Waals surface area contributed by atoms with Crippen molar-refractivity contribution < 1.29 is 13.3 Å². The second-order valence-corrected chi connectivity index (χ2v) is 5.53. The Hall–Kier alpha value is -1.51. The molecule has 92 valence electrons. The first-order chi connectivity index (χ1) is 7.92. The number of hydrogen-bond donors (Lipinski definition) is 2. The zero-order chi connectivity index (χ0) is 12.6. The van der Waals surface area contributed by atoms with Gasteiger partial charge in [0.2, 0.25) is 10.0 Å². The molecule has 0 saturated heterocycles. The number of nitrogens with zero attached hydrogens (tertiary/aromatic N) is 1. The lowest BCUT2D eigenvalue weighted by atomic mass is 10.3. The molecule has 0 heterocycles. The van der Waals surface area contributed by atoms with Crippen LogP contribution in [-0.2, 0) is 10.0 Å². The summed E-state index contributed by atoms with van der Waals surface area (Å²) in [6.45, 7) is 0. The fourth-order valence-corrected chi connectivity index (χ4v) is 2.92. The van der Waals surface area contributed by atoms with Gasteiger partial charge in [-0.05, 0) is 12.5 Å². The van der Waals surface area contributed by atoms with Crippen LogP contribution in [0.5, 0.6) is 0 Å². The first-order valence-electron chi connectivity index (χ1n) is 4.93. The molecule has 0 amide bonds. The average molecular weight is 257 g/mol. The molecule has 0 aromatic heterocycles. The predicted molar refractivity (Wildman–Crippen MR) is 59.8 cm³/mol. The van der Waals surface area contributed by atoms with Crippen molar-refractivity contribution in [3.8, 4) is 0 Å². The molecule has 1 aromatic rings. The normalized spacial score (nSPS) is 23.4. The number of rotatable bonds is 4. The van der Waals surface area contributed by atoms with Crippen molar-refractivity contribution in [1.82, 2.24) is 4.72 Å². The van der Waals surface area contributed by atoms with E-state index < -0.39 is 20.6 Å². The minimum atomic E-state index is -3.88. The lowest BCUT2D eigenvalue weighted by Crippen LogP contribution is -2.30. The maximum absolute atomic E-state index is 11.9. The van der Waals surface area contributed by atoms with Gasteiger partial charge in [0.15, 0.2) is 4.90 Å². The van der Waals surface area contributed by atoms with Gasteiger partial charge in [0, 0.05) is 18.2 Å². The maximum Gasteiger partial charge on any atom is 0.289 e. The van der Waals surface area contributed by atoms with Crippen LogP contribution in [0.15, 0.2) is 29.2 Å². The number of nitrogens with two attached hydrogens (primary N) is 1. The van der Waals surface area contributed by atoms with Gasteiger partial charge in [-0.3, -0.25) is 10.1 Å². The highest BCUT2D eigenvalue weighted by atomic mass is 32.2. The van der Waals surface area contributed by atoms with Gasteiger partial charge >= 0.3 is 0 Å². The fourth-order valence-electron chi connectivity index (χ4n) is 1.45. The molecule has 1 aliphatic carbocycles. The number of para-hydroxylation sites is 1. The molecule has 7 nitrogen and oxygen atoms in total. The fraction of sp³-hybridized carbons (Fsp3) is 0.333. The van der Waals surface area contributed by atoms with Crippen molar-refractivity contribution in [2.75, 3.05) is 0 Å². The van der Waals surface area contributed by atoms with Crippen LogP contribution in [0.3, 0.4) is 0 Å². The molecule has 1 aromatic carbocycles. The molecule has 0 spiro atoms. The third kappa shape index (κ3) is 2.43. The van der Waals surface area contributed by atoms with Crippen LogP contribution < -0.4 is 10.5 Å². The van der Waals surface area contributed by atoms with Crippen LogP contribution in [0.25, 0.3) is 0 Å². The van der Waals surface area contributed by atoms with Crippen LogP contribution >= 0.6 is 0 Å². The monoisotopic (exact) mass is 257 g/mol. The second kappa shape index (κ2) is 4.06. The number of nitro benzene ring substituents is 1. The molecule has 1 saturated carbocycles. The van der Waals surface area contributed by atoms with E-state index in [4.69, 9.17) is 5.73 Å². The summed E-state index contributed by atoms with van der Waals surface area (Å²) >= 11 is 0. The molecule has 17 heavy (non-hydrogen) atoms. The van der Waals surface area contributed by atoms with E-state index in [1.54, 1.807) is 0 Å². The Labute approximate surface area is 97.8 Å². The maximum atomic E-state index is 11.9. The van der Waals surface area contributed by atoms with E-state index >= 15 is 0 Å². The molecule has 1 aliphatic rings. The zero-order valence-corrected chi connectivity index (χ0v) is 9.55. The summed E-state index contributed by atoms with van der Waals surface area (Å²) < 4.78 is 26.1. The topological polar surface area (TPSA) is 115 Å². The van der Waals surface area contributed by atoms with Crippen molar-refractivity contribution in [3.05, 3.63) is 34.4 Å². The van der Waals surface area contributed by atoms with Crippen LogP contribution in [0.4, 0.5) is 5.69 Å². The van der Waals surface area contributed by atoms with Gasteiger partial charge in [0.05, 0.1) is 4.92 Å². The summed E-state index contributed by atoms with van der Waals surface area (Å²) in [5, 5.41) is 10.7. The lowest BCUT2D eigenvalue weighted by Gasteiger charge is -2.05. The first kappa shape index (κ1) is 12.0. The zero-order valence-electron chi connectivity index (χ0n) is 8.74. The number of nitrogens with one attached hydrogen (secondary N) is 1. The highest BCUT2D eigenvalue weighted by molar-refractivity contribution is 7.89. The summed E-state index contributed by atoms with van der Waals surface area (Å²) in [7, 11) is -3.88. The van der Waals surface area contributed by atoms with Crippen LogP contribution in [0.1, 0.15) is 6.42 Å². The highest BCUT2D eigenvalue weighted by Crippen LogP contribution is 2.26. The molecular formula is C9H11N3O4S. The lowest BCUT2D eigenvalue weighted by molar-refractivity contribution is -0.387. The van der Waals surface area contributed by atoms with Gasteiger partial charge in [-0.15, -0.1) is 0 Å². The van der Waals surface area contributed by atoms with Crippen LogP contribution in [0, 0.1) is 10.1 Å². The molecule has 2 rings (SSSR count). The third-order valence-corrected chi connectivity index (χ3v) is 4.04. The Kier molecular flexibility index (Phi) is 2.86. The first-order valence-corrected chi connectivity index (χ1v) is 6.41. The molecule has 0 bridgehead atoms. The van der Waals surface area contributed by atoms with Gasteiger partial charge in [0.25, 0.3) is 5.69 Å². The van der Waals surface area contributed by atoms with E-state index in [9.17, 15) is 18.5 Å². The minimum absolute atomic E-state index is 0.201. The van der Waals surface area contributed by atoms with Crippen LogP contribution in [-0.4, -0.2) is 25.4 Å². The summed E-state index contributed by atoms with van der Waals surface area (Å²) in [5.41, 5.74) is 5.05. The molecule has 3 N–H and O–H groups in total. The molecular weight excluding hydrogens is 246 g/mol. The van der Waals surface area contributed by atoms with E-state index in [1.165, 1.54) is 18.2 Å². The summed E-state index contributed by atoms with van der Waals surface area (Å²) in [6.07, 6.45) is 0.555. The minimum Gasteiger partial charge on any atom is -0.326 e. The molecule has 8 heteroatoms. The number of sulfonamides is 1. The van der Waals surface area contributed by atoms with Crippen molar-refractivity contribution in [1.29, 1.82) is 0 Å². The Morgan fingerprint density at radius 1 is 1.41 bits per heavy atom. The molecule has 0 aliphatic heterocycles. The van der Waals surface area contributed by atoms with Gasteiger partial charge in [0.1, 0.15) is 0 Å². The van der Waals surface area contributed by atoms with Gasteiger partial charge in [-0.1, -0.05) is 12.1 Å². The van der Waals surface area contributed by atoms with Crippen molar-refractivity contribution >= 4 is 15.7 Å². The highest BCUT2D eigenvalue weighted by Gasteiger charge is 2.38. The van der Waals surface area contributed by atoms with E-state index in [0.717, 1.165) is 6.07 Å². The predicted octanol–water partition coefficient (Wildman–Crippen LogP) is -0.0273. The Bertz CT molecular complexity index is 557. The van der Waals surface area contributed by atoms with E-state index in [0.29, 0.717) is 6.42 Å². The quantitative estimate of drug-likeness (QED) is 0.580. The SMILES string of the molecule is N[C@H]1C[C@@H]1NS(=O)(=O)c1ccccc1[N+](=O)[O-]. The number of benzene rings is 1. The molecule has 2 atom stereocenters. The smallest absolute Gasteiger partial charge is 0.289 e. The van der Waals surface area contributed by atoms with Crippen molar-refractivity contribution in [2.45, 2.75) is 23.4 Å². The standard InChI is InChI=1S/C9H11N3O4S/c10-6-5-7(6)11-17(15,16)9-4-2-1-3-8(9)12(13)14/h1-4,6-7,11H,5,10H2/t6-,7-/m0/s1. The summed E-state index contributed by atoms with van der Waals surface area (Å²) in [4.78, 5) is 9.67. The van der Waals surface area contributed by atoms with E-state index in [1.807, 2.05) is 0 Å². The largest absolute Gasteiger partial charge is 0.326 e. The van der Waals surface area contributed by atoms with E-state index in [2.05, 4.69) is 4.72 Å². The molecule has 1 fully saturated rings. The third-order valence-electron chi connectivity index (χ3n) is 2.50. The Balaban J connectivity index is 2.35. The Morgan fingerprint density at radius 2 is 2.00 bits per heavy atom. The molecule has 0 unspecified atom stereocenters. The van der Waals surface area contributed by atoms with Gasteiger partial charge in [-0.25, -0.2) is 13.1 Å². The van der Waals surface area contributed by atoms with Crippen molar-refractivity contribution in [3.63, 3.8) is 0 Å². The summed E-state index contributed by atoms with van der Waals surface area (Å²) in [5.74, 6) is 0. The Morgan fingerprint density at radius 3 is 2.53 bits per heavy atom. The number of hydrogen-bond acceptors (Lipinski definition) is 5. The van der Waals surface area contributed by atoms with Gasteiger partial charge in [-0.2, -0.15) is 0 Å². The van der Waals surface area contributed by atoms with Crippen LogP contribution in [0.2, 0.25) is 0 Å². The molecule has 0 radical (unpaired) electrons. The second-order valence-electron chi connectivity index (χ2n) is 3.85.